The summed E-state index contributed by atoms with van der Waals surface area (Å²) in [7, 11) is 1.83. The second-order valence-electron chi connectivity index (χ2n) is 7.40. The molecular weight excluding hydrogens is 378 g/mol. The Labute approximate surface area is 174 Å². The number of pyridine rings is 1. The lowest BCUT2D eigenvalue weighted by Crippen LogP contribution is -2.24. The summed E-state index contributed by atoms with van der Waals surface area (Å²) in [5, 5.41) is 14.3. The maximum absolute atomic E-state index is 12.7. The summed E-state index contributed by atoms with van der Waals surface area (Å²) in [6.07, 6.45) is 4.90. The van der Waals surface area contributed by atoms with E-state index in [1.165, 1.54) is 0 Å². The van der Waals surface area contributed by atoms with Crippen molar-refractivity contribution < 1.29 is 0 Å². The number of imidazole rings is 1. The van der Waals surface area contributed by atoms with E-state index in [-0.39, 0.29) is 5.69 Å². The third-order valence-electron chi connectivity index (χ3n) is 5.49. The van der Waals surface area contributed by atoms with Gasteiger partial charge in [0.1, 0.15) is 0 Å². The molecule has 30 heavy (non-hydrogen) atoms. The van der Waals surface area contributed by atoms with Crippen LogP contribution in [0, 0.1) is 6.92 Å². The lowest BCUT2D eigenvalue weighted by Gasteiger charge is -2.10. The number of hydrogen-bond acceptors (Lipinski definition) is 5. The highest BCUT2D eigenvalue weighted by Crippen LogP contribution is 2.28. The molecule has 8 heteroatoms. The number of rotatable bonds is 7. The minimum Gasteiger partial charge on any atom is -0.299 e. The summed E-state index contributed by atoms with van der Waals surface area (Å²) in [6, 6.07) is 11.8. The zero-order valence-corrected chi connectivity index (χ0v) is 17.5. The summed E-state index contributed by atoms with van der Waals surface area (Å²) in [6.45, 7) is 4.69. The largest absolute Gasteiger partial charge is 0.328 e. The Morgan fingerprint density at radius 3 is 2.57 bits per heavy atom. The molecule has 0 atom stereocenters. The predicted molar refractivity (Wildman–Crippen MR) is 115 cm³/mol. The molecule has 0 aliphatic rings. The van der Waals surface area contributed by atoms with Crippen molar-refractivity contribution >= 4 is 0 Å². The Hall–Kier alpha value is -3.55. The number of benzene rings is 1. The van der Waals surface area contributed by atoms with Crippen LogP contribution in [0.1, 0.15) is 36.7 Å². The molecule has 4 rings (SSSR count). The van der Waals surface area contributed by atoms with Crippen molar-refractivity contribution in [1.82, 2.24) is 34.7 Å². The molecule has 154 valence electrons. The van der Waals surface area contributed by atoms with Crippen molar-refractivity contribution in [3.63, 3.8) is 0 Å². The second kappa shape index (κ2) is 8.44. The molecule has 0 amide bonds. The molecule has 0 saturated heterocycles. The lowest BCUT2D eigenvalue weighted by molar-refractivity contribution is 0.665. The van der Waals surface area contributed by atoms with Crippen LogP contribution in [0.4, 0.5) is 0 Å². The Bertz CT molecular complexity index is 1190. The monoisotopic (exact) mass is 403 g/mol. The second-order valence-corrected chi connectivity index (χ2v) is 7.40. The summed E-state index contributed by atoms with van der Waals surface area (Å²) < 4.78 is 3.60. The van der Waals surface area contributed by atoms with Gasteiger partial charge >= 0.3 is 5.69 Å². The molecule has 1 aromatic carbocycles. The van der Waals surface area contributed by atoms with Gasteiger partial charge < -0.3 is 0 Å². The van der Waals surface area contributed by atoms with Gasteiger partial charge in [0.2, 0.25) is 5.82 Å². The molecule has 3 aromatic heterocycles. The van der Waals surface area contributed by atoms with Crippen LogP contribution in [-0.2, 0) is 20.0 Å². The van der Waals surface area contributed by atoms with Crippen LogP contribution in [0.2, 0.25) is 0 Å². The normalized spacial score (nSPS) is 11.2. The van der Waals surface area contributed by atoms with E-state index in [9.17, 15) is 4.79 Å². The standard InChI is InChI=1S/C22H25N7O/c1-4-5-10-20-15(2)28(3)22(30)29(20)14-16-11-12-19(23-13-16)17-8-6-7-9-18(17)21-24-26-27-25-21/h6-9,11-13H,4-5,10,14H2,1-3H3,(H,24,25,26,27). The van der Waals surface area contributed by atoms with E-state index in [1.807, 2.05) is 61.1 Å². The van der Waals surface area contributed by atoms with Crippen LogP contribution in [-0.4, -0.2) is 34.7 Å². The first-order chi connectivity index (χ1) is 14.6. The number of hydrogen-bond donors (Lipinski definition) is 1. The molecule has 8 nitrogen and oxygen atoms in total. The van der Waals surface area contributed by atoms with Gasteiger partial charge in [-0.25, -0.2) is 4.79 Å². The maximum Gasteiger partial charge on any atom is 0.328 e. The highest BCUT2D eigenvalue weighted by atomic mass is 16.1. The predicted octanol–water partition coefficient (Wildman–Crippen LogP) is 3.13. The van der Waals surface area contributed by atoms with Gasteiger partial charge in [-0.15, -0.1) is 10.2 Å². The third kappa shape index (κ3) is 3.68. The number of H-pyrrole nitrogens is 1. The van der Waals surface area contributed by atoms with Crippen molar-refractivity contribution in [3.8, 4) is 22.6 Å². The van der Waals surface area contributed by atoms with Crippen LogP contribution in [0.25, 0.3) is 22.6 Å². The average molecular weight is 403 g/mol. The molecule has 0 aliphatic heterocycles. The number of aromatic nitrogens is 7. The number of nitrogens with one attached hydrogen (secondary N) is 1. The van der Waals surface area contributed by atoms with Gasteiger partial charge in [0.25, 0.3) is 0 Å². The first-order valence-electron chi connectivity index (χ1n) is 10.1. The summed E-state index contributed by atoms with van der Waals surface area (Å²) in [5.41, 5.74) is 5.77. The fourth-order valence-corrected chi connectivity index (χ4v) is 3.69. The molecule has 0 fully saturated rings. The number of nitrogens with zero attached hydrogens (tertiary/aromatic N) is 6. The summed E-state index contributed by atoms with van der Waals surface area (Å²) in [4.78, 5) is 17.4. The molecule has 3 heterocycles. The quantitative estimate of drug-likeness (QED) is 0.512. The Kier molecular flexibility index (Phi) is 5.56. The number of aromatic amines is 1. The fourth-order valence-electron chi connectivity index (χ4n) is 3.69. The van der Waals surface area contributed by atoms with Crippen LogP contribution >= 0.6 is 0 Å². The molecule has 1 N–H and O–H groups in total. The molecule has 0 unspecified atom stereocenters. The van der Waals surface area contributed by atoms with E-state index in [0.717, 1.165) is 53.0 Å². The van der Waals surface area contributed by atoms with Gasteiger partial charge in [0, 0.05) is 35.8 Å². The van der Waals surface area contributed by atoms with E-state index in [1.54, 1.807) is 4.57 Å². The summed E-state index contributed by atoms with van der Waals surface area (Å²) >= 11 is 0. The van der Waals surface area contributed by atoms with Gasteiger partial charge in [-0.2, -0.15) is 5.21 Å². The molecule has 0 aliphatic carbocycles. The van der Waals surface area contributed by atoms with Crippen LogP contribution in [0.5, 0.6) is 0 Å². The van der Waals surface area contributed by atoms with Gasteiger partial charge in [0.05, 0.1) is 12.2 Å². The number of tetrazole rings is 1. The highest BCUT2D eigenvalue weighted by Gasteiger charge is 2.15. The molecule has 4 aromatic rings. The Balaban J connectivity index is 1.64. The van der Waals surface area contributed by atoms with Crippen molar-refractivity contribution in [3.05, 3.63) is 70.0 Å². The van der Waals surface area contributed by atoms with E-state index < -0.39 is 0 Å². The Morgan fingerprint density at radius 1 is 1.10 bits per heavy atom. The topological polar surface area (TPSA) is 94.3 Å². The zero-order valence-electron chi connectivity index (χ0n) is 17.5. The molecule has 0 radical (unpaired) electrons. The molecular formula is C22H25N7O. The summed E-state index contributed by atoms with van der Waals surface area (Å²) in [5.74, 6) is 0.531. The minimum atomic E-state index is 0.0186. The van der Waals surface area contributed by atoms with E-state index >= 15 is 0 Å². The Morgan fingerprint density at radius 2 is 1.90 bits per heavy atom. The van der Waals surface area contributed by atoms with Gasteiger partial charge in [0.15, 0.2) is 0 Å². The third-order valence-corrected chi connectivity index (χ3v) is 5.49. The van der Waals surface area contributed by atoms with Gasteiger partial charge in [-0.1, -0.05) is 43.7 Å². The van der Waals surface area contributed by atoms with Crippen molar-refractivity contribution in [2.24, 2.45) is 7.05 Å². The highest BCUT2D eigenvalue weighted by molar-refractivity contribution is 5.78. The van der Waals surface area contributed by atoms with Crippen molar-refractivity contribution in [2.45, 2.75) is 39.7 Å². The van der Waals surface area contributed by atoms with Crippen LogP contribution in [0.15, 0.2) is 47.4 Å². The molecule has 0 spiro atoms. The smallest absolute Gasteiger partial charge is 0.299 e. The van der Waals surface area contributed by atoms with Gasteiger partial charge in [-0.3, -0.25) is 14.1 Å². The van der Waals surface area contributed by atoms with Crippen molar-refractivity contribution in [2.75, 3.05) is 0 Å². The zero-order chi connectivity index (χ0) is 21.1. The van der Waals surface area contributed by atoms with Crippen LogP contribution in [0.3, 0.4) is 0 Å². The van der Waals surface area contributed by atoms with E-state index in [0.29, 0.717) is 12.4 Å². The lowest BCUT2D eigenvalue weighted by atomic mass is 10.0. The molecule has 0 saturated carbocycles. The number of unbranched alkanes of at least 4 members (excludes halogenated alkanes) is 1. The maximum atomic E-state index is 12.7. The minimum absolute atomic E-state index is 0.0186. The van der Waals surface area contributed by atoms with E-state index in [4.69, 9.17) is 0 Å². The SMILES string of the molecule is CCCCc1c(C)n(C)c(=O)n1Cc1ccc(-c2ccccc2-c2nn[nH]n2)nc1. The van der Waals surface area contributed by atoms with Crippen molar-refractivity contribution in [1.29, 1.82) is 0 Å². The van der Waals surface area contributed by atoms with Gasteiger partial charge in [-0.05, 0) is 36.6 Å². The molecule has 0 bridgehead atoms. The van der Waals surface area contributed by atoms with E-state index in [2.05, 4.69) is 32.5 Å². The average Bonchev–Trinajstić information content (AvgIpc) is 3.38. The first kappa shape index (κ1) is 19.8. The first-order valence-corrected chi connectivity index (χ1v) is 10.1. The van der Waals surface area contributed by atoms with Crippen LogP contribution < -0.4 is 5.69 Å². The fraction of sp³-hybridized carbons (Fsp3) is 0.318.